The monoisotopic (exact) mass is 295 g/mol. The third kappa shape index (κ3) is 2.88. The second-order valence-corrected chi connectivity index (χ2v) is 4.28. The number of halogens is 1. The summed E-state index contributed by atoms with van der Waals surface area (Å²) in [6.07, 6.45) is 2.94. The van der Waals surface area contributed by atoms with Crippen LogP contribution in [0.4, 0.5) is 0 Å². The first kappa shape index (κ1) is 11.7. The maximum Gasteiger partial charge on any atom is 0.255 e. The van der Waals surface area contributed by atoms with Crippen molar-refractivity contribution in [2.24, 2.45) is 0 Å². The van der Waals surface area contributed by atoms with Crippen molar-refractivity contribution in [1.82, 2.24) is 25.1 Å². The van der Waals surface area contributed by atoms with Crippen molar-refractivity contribution in [2.45, 2.75) is 6.54 Å². The molecule has 0 radical (unpaired) electrons. The smallest absolute Gasteiger partial charge is 0.255 e. The van der Waals surface area contributed by atoms with Crippen molar-refractivity contribution < 1.29 is 4.79 Å². The predicted octanol–water partition coefficient (Wildman–Crippen LogP) is 1.23. The maximum atomic E-state index is 12.0. The lowest BCUT2D eigenvalue weighted by Crippen LogP contribution is -2.26. The molecule has 0 saturated carbocycles. The number of nitrogens with one attached hydrogen (secondary N) is 1. The molecule has 1 N–H and O–H groups in total. The van der Waals surface area contributed by atoms with Crippen LogP contribution in [0, 0.1) is 0 Å². The van der Waals surface area contributed by atoms with E-state index in [-0.39, 0.29) is 5.91 Å². The van der Waals surface area contributed by atoms with Gasteiger partial charge in [-0.15, -0.1) is 0 Å². The summed E-state index contributed by atoms with van der Waals surface area (Å²) in [4.78, 5) is 21.5. The van der Waals surface area contributed by atoms with E-state index in [0.717, 1.165) is 0 Å². The number of H-pyrrole nitrogens is 1. The Bertz CT molecular complexity index is 496. The Morgan fingerprint density at radius 1 is 1.47 bits per heavy atom. The third-order valence-electron chi connectivity index (χ3n) is 2.17. The van der Waals surface area contributed by atoms with Crippen molar-refractivity contribution >= 4 is 21.8 Å². The van der Waals surface area contributed by atoms with E-state index in [1.807, 2.05) is 0 Å². The quantitative estimate of drug-likeness (QED) is 0.865. The van der Waals surface area contributed by atoms with Crippen LogP contribution in [0.2, 0.25) is 0 Å². The van der Waals surface area contributed by atoms with Crippen LogP contribution in [0.5, 0.6) is 0 Å². The van der Waals surface area contributed by atoms with Gasteiger partial charge in [-0.1, -0.05) is 0 Å². The highest BCUT2D eigenvalue weighted by atomic mass is 79.9. The molecular weight excluding hydrogens is 286 g/mol. The molecular formula is C10H10BrN5O. The summed E-state index contributed by atoms with van der Waals surface area (Å²) >= 11 is 3.22. The van der Waals surface area contributed by atoms with Crippen molar-refractivity contribution in [3.63, 3.8) is 0 Å². The topological polar surface area (TPSA) is 74.8 Å². The van der Waals surface area contributed by atoms with Gasteiger partial charge < -0.3 is 4.90 Å². The Kier molecular flexibility index (Phi) is 3.48. The Morgan fingerprint density at radius 3 is 2.88 bits per heavy atom. The lowest BCUT2D eigenvalue weighted by molar-refractivity contribution is 0.0781. The summed E-state index contributed by atoms with van der Waals surface area (Å²) in [5.74, 6) is 0.535. The second kappa shape index (κ2) is 5.05. The van der Waals surface area contributed by atoms with Crippen LogP contribution in [0.3, 0.4) is 0 Å². The zero-order chi connectivity index (χ0) is 12.3. The molecule has 0 aliphatic heterocycles. The molecule has 0 aromatic carbocycles. The van der Waals surface area contributed by atoms with Crippen LogP contribution in [0.25, 0.3) is 0 Å². The molecule has 6 nitrogen and oxygen atoms in total. The third-order valence-corrected chi connectivity index (χ3v) is 2.64. The molecule has 0 spiro atoms. The van der Waals surface area contributed by atoms with Gasteiger partial charge in [-0.2, -0.15) is 5.10 Å². The number of aromatic amines is 1. The molecule has 0 bridgehead atoms. The molecule has 7 heteroatoms. The molecule has 0 aliphatic carbocycles. The first-order chi connectivity index (χ1) is 8.16. The summed E-state index contributed by atoms with van der Waals surface area (Å²) in [6, 6.07) is 3.45. The van der Waals surface area contributed by atoms with E-state index in [9.17, 15) is 4.79 Å². The first-order valence-corrected chi connectivity index (χ1v) is 5.67. The number of amides is 1. The molecule has 2 heterocycles. The Hall–Kier alpha value is -1.76. The Morgan fingerprint density at radius 2 is 2.29 bits per heavy atom. The molecule has 2 aromatic heterocycles. The van der Waals surface area contributed by atoms with Crippen LogP contribution in [-0.4, -0.2) is 38.0 Å². The SMILES string of the molecule is CN(Cc1ncn[nH]1)C(=O)c1ccc(Br)nc1. The number of pyridine rings is 1. The van der Waals surface area contributed by atoms with Crippen LogP contribution in [0.1, 0.15) is 16.2 Å². The number of carbonyl (C=O) groups excluding carboxylic acids is 1. The number of aromatic nitrogens is 4. The average molecular weight is 296 g/mol. The van der Waals surface area contributed by atoms with Crippen molar-refractivity contribution in [3.05, 3.63) is 40.6 Å². The Labute approximate surface area is 106 Å². The fourth-order valence-electron chi connectivity index (χ4n) is 1.33. The van der Waals surface area contributed by atoms with Gasteiger partial charge in [0.2, 0.25) is 0 Å². The molecule has 0 unspecified atom stereocenters. The van der Waals surface area contributed by atoms with Gasteiger partial charge in [0.25, 0.3) is 5.91 Å². The van der Waals surface area contributed by atoms with Gasteiger partial charge in [-0.3, -0.25) is 9.89 Å². The zero-order valence-corrected chi connectivity index (χ0v) is 10.7. The zero-order valence-electron chi connectivity index (χ0n) is 9.09. The fraction of sp³-hybridized carbons (Fsp3) is 0.200. The van der Waals surface area contributed by atoms with Gasteiger partial charge in [0, 0.05) is 13.2 Å². The van der Waals surface area contributed by atoms with Crippen LogP contribution in [0.15, 0.2) is 29.3 Å². The molecule has 0 aliphatic rings. The molecule has 0 fully saturated rings. The van der Waals surface area contributed by atoms with Crippen LogP contribution < -0.4 is 0 Å². The summed E-state index contributed by atoms with van der Waals surface area (Å²) in [7, 11) is 1.70. The van der Waals surface area contributed by atoms with Crippen molar-refractivity contribution in [2.75, 3.05) is 7.05 Å². The number of rotatable bonds is 3. The fourth-order valence-corrected chi connectivity index (χ4v) is 1.56. The van der Waals surface area contributed by atoms with Crippen molar-refractivity contribution in [3.8, 4) is 0 Å². The molecule has 1 amide bonds. The van der Waals surface area contributed by atoms with E-state index in [1.54, 1.807) is 24.1 Å². The number of hydrogen-bond acceptors (Lipinski definition) is 4. The van der Waals surface area contributed by atoms with E-state index in [2.05, 4.69) is 36.1 Å². The van der Waals surface area contributed by atoms with E-state index in [0.29, 0.717) is 22.5 Å². The van der Waals surface area contributed by atoms with Gasteiger partial charge in [0.1, 0.15) is 16.8 Å². The molecule has 0 atom stereocenters. The number of hydrogen-bond donors (Lipinski definition) is 1. The first-order valence-electron chi connectivity index (χ1n) is 4.88. The molecule has 2 aromatic rings. The minimum Gasteiger partial charge on any atom is -0.334 e. The number of carbonyl (C=O) groups is 1. The highest BCUT2D eigenvalue weighted by Crippen LogP contribution is 2.09. The highest BCUT2D eigenvalue weighted by molar-refractivity contribution is 9.10. The van der Waals surface area contributed by atoms with E-state index < -0.39 is 0 Å². The van der Waals surface area contributed by atoms with Gasteiger partial charge in [-0.05, 0) is 28.1 Å². The number of nitrogens with zero attached hydrogens (tertiary/aromatic N) is 4. The molecule has 0 saturated heterocycles. The second-order valence-electron chi connectivity index (χ2n) is 3.46. The summed E-state index contributed by atoms with van der Waals surface area (Å²) in [6.45, 7) is 0.384. The predicted molar refractivity (Wildman–Crippen MR) is 64.1 cm³/mol. The van der Waals surface area contributed by atoms with E-state index >= 15 is 0 Å². The lowest BCUT2D eigenvalue weighted by atomic mass is 10.2. The molecule has 88 valence electrons. The van der Waals surface area contributed by atoms with Gasteiger partial charge >= 0.3 is 0 Å². The normalized spacial score (nSPS) is 10.2. The molecule has 17 heavy (non-hydrogen) atoms. The van der Waals surface area contributed by atoms with Crippen LogP contribution >= 0.6 is 15.9 Å². The largest absolute Gasteiger partial charge is 0.334 e. The minimum atomic E-state index is -0.110. The Balaban J connectivity index is 2.07. The lowest BCUT2D eigenvalue weighted by Gasteiger charge is -2.15. The highest BCUT2D eigenvalue weighted by Gasteiger charge is 2.13. The molecule has 2 rings (SSSR count). The van der Waals surface area contributed by atoms with E-state index in [1.165, 1.54) is 12.5 Å². The van der Waals surface area contributed by atoms with E-state index in [4.69, 9.17) is 0 Å². The van der Waals surface area contributed by atoms with Gasteiger partial charge in [-0.25, -0.2) is 9.97 Å². The van der Waals surface area contributed by atoms with Crippen molar-refractivity contribution in [1.29, 1.82) is 0 Å². The summed E-state index contributed by atoms with van der Waals surface area (Å²) in [5, 5.41) is 6.43. The summed E-state index contributed by atoms with van der Waals surface area (Å²) < 4.78 is 0.701. The van der Waals surface area contributed by atoms with Gasteiger partial charge in [0.15, 0.2) is 0 Å². The summed E-state index contributed by atoms with van der Waals surface area (Å²) in [5.41, 5.74) is 0.537. The minimum absolute atomic E-state index is 0.110. The maximum absolute atomic E-state index is 12.0. The average Bonchev–Trinajstić information content (AvgIpc) is 2.82. The van der Waals surface area contributed by atoms with Crippen LogP contribution in [-0.2, 0) is 6.54 Å². The standard InChI is InChI=1S/C10H10BrN5O/c1-16(5-9-13-6-14-15-9)10(17)7-2-3-8(11)12-4-7/h2-4,6H,5H2,1H3,(H,13,14,15). The van der Waals surface area contributed by atoms with Gasteiger partial charge in [0.05, 0.1) is 12.1 Å².